The Labute approximate surface area is 321 Å². The van der Waals surface area contributed by atoms with Gasteiger partial charge in [0.05, 0.1) is 13.2 Å². The molecule has 0 saturated carbocycles. The zero-order valence-electron chi connectivity index (χ0n) is 33.4. The van der Waals surface area contributed by atoms with Gasteiger partial charge in [-0.25, -0.2) is 4.57 Å². The van der Waals surface area contributed by atoms with Gasteiger partial charge in [0.25, 0.3) is 0 Å². The molecule has 0 aromatic carbocycles. The highest BCUT2D eigenvalue weighted by molar-refractivity contribution is 7.47. The molecular formula is C41H76NO10P. The van der Waals surface area contributed by atoms with E-state index in [1.807, 2.05) is 0 Å². The van der Waals surface area contributed by atoms with E-state index in [-0.39, 0.29) is 19.4 Å². The summed E-state index contributed by atoms with van der Waals surface area (Å²) in [6.07, 6.45) is 36.7. The van der Waals surface area contributed by atoms with Gasteiger partial charge < -0.3 is 25.2 Å². The fourth-order valence-corrected chi connectivity index (χ4v) is 6.40. The lowest BCUT2D eigenvalue weighted by molar-refractivity contribution is -0.161. The van der Waals surface area contributed by atoms with E-state index in [0.717, 1.165) is 57.8 Å². The Hall–Kier alpha value is -2.04. The fourth-order valence-electron chi connectivity index (χ4n) is 5.62. The maximum absolute atomic E-state index is 12.6. The Morgan fingerprint density at radius 3 is 1.51 bits per heavy atom. The average molecular weight is 774 g/mol. The second-order valence-corrected chi connectivity index (χ2v) is 15.6. The van der Waals surface area contributed by atoms with Crippen LogP contribution < -0.4 is 5.73 Å². The first-order valence-corrected chi connectivity index (χ1v) is 22.4. The van der Waals surface area contributed by atoms with Crippen LogP contribution in [0.3, 0.4) is 0 Å². The van der Waals surface area contributed by atoms with E-state index in [2.05, 4.69) is 42.7 Å². The molecule has 0 aliphatic rings. The van der Waals surface area contributed by atoms with Crippen molar-refractivity contribution in [1.82, 2.24) is 0 Å². The highest BCUT2D eigenvalue weighted by Gasteiger charge is 2.28. The quantitative estimate of drug-likeness (QED) is 0.0235. The van der Waals surface area contributed by atoms with E-state index in [9.17, 15) is 23.8 Å². The number of carboxylic acids is 1. The molecule has 0 aliphatic carbocycles. The van der Waals surface area contributed by atoms with Crippen molar-refractivity contribution < 1.29 is 47.5 Å². The number of carboxylic acid groups (broad SMARTS) is 1. The molecule has 0 rings (SSSR count). The SMILES string of the molecule is CCCCC/C=C/C/C=C/CCCCCCCCCC(=O)O[C@H](COC(=O)CCCCCCCCCCCCCC)COP(=O)(O)OC[C@H](N)C(=O)O. The lowest BCUT2D eigenvalue weighted by atomic mass is 10.0. The summed E-state index contributed by atoms with van der Waals surface area (Å²) in [5, 5.41) is 8.87. The molecule has 0 spiro atoms. The third kappa shape index (κ3) is 36.7. The molecule has 4 N–H and O–H groups in total. The Bertz CT molecular complexity index is 1010. The molecule has 0 amide bonds. The molecule has 0 aromatic rings. The highest BCUT2D eigenvalue weighted by Crippen LogP contribution is 2.43. The topological polar surface area (TPSA) is 172 Å². The lowest BCUT2D eigenvalue weighted by Gasteiger charge is -2.20. The van der Waals surface area contributed by atoms with Crippen molar-refractivity contribution in [3.63, 3.8) is 0 Å². The van der Waals surface area contributed by atoms with Crippen LogP contribution in [0.4, 0.5) is 0 Å². The van der Waals surface area contributed by atoms with Crippen molar-refractivity contribution in [2.24, 2.45) is 5.73 Å². The van der Waals surface area contributed by atoms with Gasteiger partial charge in [0.15, 0.2) is 6.10 Å². The molecule has 0 heterocycles. The Balaban J connectivity index is 4.38. The van der Waals surface area contributed by atoms with E-state index < -0.39 is 51.1 Å². The van der Waals surface area contributed by atoms with Crippen LogP contribution in [0.2, 0.25) is 0 Å². The van der Waals surface area contributed by atoms with Crippen molar-refractivity contribution >= 4 is 25.7 Å². The van der Waals surface area contributed by atoms with E-state index in [0.29, 0.717) is 12.8 Å². The molecule has 0 aromatic heterocycles. The Morgan fingerprint density at radius 2 is 1.00 bits per heavy atom. The molecule has 12 heteroatoms. The van der Waals surface area contributed by atoms with Crippen LogP contribution in [0.1, 0.15) is 187 Å². The summed E-state index contributed by atoms with van der Waals surface area (Å²) in [4.78, 5) is 45.8. The number of nitrogens with two attached hydrogens (primary N) is 1. The summed E-state index contributed by atoms with van der Waals surface area (Å²) in [5.41, 5.74) is 5.32. The van der Waals surface area contributed by atoms with E-state index in [1.54, 1.807) is 0 Å². The molecular weight excluding hydrogens is 697 g/mol. The molecule has 310 valence electrons. The van der Waals surface area contributed by atoms with Gasteiger partial charge in [-0.1, -0.05) is 154 Å². The average Bonchev–Trinajstić information content (AvgIpc) is 3.13. The van der Waals surface area contributed by atoms with Gasteiger partial charge in [-0.15, -0.1) is 0 Å². The number of ether oxygens (including phenoxy) is 2. The number of carbonyl (C=O) groups is 3. The minimum atomic E-state index is -4.71. The summed E-state index contributed by atoms with van der Waals surface area (Å²) in [5.74, 6) is -2.38. The number of aliphatic carboxylic acids is 1. The van der Waals surface area contributed by atoms with E-state index in [4.69, 9.17) is 24.8 Å². The number of carbonyl (C=O) groups excluding carboxylic acids is 2. The largest absolute Gasteiger partial charge is 0.480 e. The third-order valence-electron chi connectivity index (χ3n) is 8.95. The standard InChI is InChI=1S/C41H76NO10P/c1-3-5-7-9-11-13-15-17-18-19-20-21-23-25-27-29-31-33-40(44)52-37(35-50-53(47,48)51-36-38(42)41(45)46)34-49-39(43)32-30-28-26-24-22-16-14-12-10-8-6-4-2/h11,13,17-18,37-38H,3-10,12,14-16,19-36,42H2,1-2H3,(H,45,46)(H,47,48)/b13-11+,18-17+/t37-,38+/m1/s1. The second-order valence-electron chi connectivity index (χ2n) is 14.1. The van der Waals surface area contributed by atoms with Crippen molar-refractivity contribution in [3.05, 3.63) is 24.3 Å². The predicted molar refractivity (Wildman–Crippen MR) is 212 cm³/mol. The molecule has 1 unspecified atom stereocenters. The zero-order chi connectivity index (χ0) is 39.3. The molecule has 0 aliphatic heterocycles. The van der Waals surface area contributed by atoms with Crippen LogP contribution in [0.25, 0.3) is 0 Å². The first-order valence-electron chi connectivity index (χ1n) is 20.9. The molecule has 0 fully saturated rings. The summed E-state index contributed by atoms with van der Waals surface area (Å²) in [6.45, 7) is 2.77. The van der Waals surface area contributed by atoms with E-state index in [1.165, 1.54) is 89.9 Å². The highest BCUT2D eigenvalue weighted by atomic mass is 31.2. The van der Waals surface area contributed by atoms with Crippen LogP contribution in [0, 0.1) is 0 Å². The summed E-state index contributed by atoms with van der Waals surface area (Å²) in [6, 6.07) is -1.52. The van der Waals surface area contributed by atoms with Gasteiger partial charge in [-0.2, -0.15) is 0 Å². The third-order valence-corrected chi connectivity index (χ3v) is 9.90. The lowest BCUT2D eigenvalue weighted by Crippen LogP contribution is -2.34. The van der Waals surface area contributed by atoms with Crippen LogP contribution >= 0.6 is 7.82 Å². The van der Waals surface area contributed by atoms with Gasteiger partial charge in [0, 0.05) is 12.8 Å². The number of unbranched alkanes of at least 4 members (excludes halogenated alkanes) is 21. The predicted octanol–water partition coefficient (Wildman–Crippen LogP) is 10.7. The minimum Gasteiger partial charge on any atom is -0.480 e. The van der Waals surface area contributed by atoms with Gasteiger partial charge in [-0.3, -0.25) is 23.4 Å². The van der Waals surface area contributed by atoms with Gasteiger partial charge >= 0.3 is 25.7 Å². The van der Waals surface area contributed by atoms with Crippen LogP contribution in [0.15, 0.2) is 24.3 Å². The molecule has 0 saturated heterocycles. The van der Waals surface area contributed by atoms with Gasteiger partial charge in [0.1, 0.15) is 12.6 Å². The molecule has 0 radical (unpaired) electrons. The zero-order valence-corrected chi connectivity index (χ0v) is 34.3. The molecule has 0 bridgehead atoms. The van der Waals surface area contributed by atoms with Crippen molar-refractivity contribution in [2.75, 3.05) is 19.8 Å². The summed E-state index contributed by atoms with van der Waals surface area (Å²) >= 11 is 0. The van der Waals surface area contributed by atoms with Crippen molar-refractivity contribution in [1.29, 1.82) is 0 Å². The fraction of sp³-hybridized carbons (Fsp3) is 0.829. The summed E-state index contributed by atoms with van der Waals surface area (Å²) in [7, 11) is -4.71. The Kier molecular flexibility index (Phi) is 35.5. The monoisotopic (exact) mass is 774 g/mol. The number of esters is 2. The maximum Gasteiger partial charge on any atom is 0.472 e. The smallest absolute Gasteiger partial charge is 0.472 e. The number of hydrogen-bond acceptors (Lipinski definition) is 9. The van der Waals surface area contributed by atoms with Crippen molar-refractivity contribution in [3.8, 4) is 0 Å². The number of allylic oxidation sites excluding steroid dienone is 4. The first-order chi connectivity index (χ1) is 25.6. The molecule has 3 atom stereocenters. The van der Waals surface area contributed by atoms with Gasteiger partial charge in [0.2, 0.25) is 0 Å². The number of phosphoric ester groups is 1. The summed E-state index contributed by atoms with van der Waals surface area (Å²) < 4.78 is 32.6. The van der Waals surface area contributed by atoms with Crippen LogP contribution in [-0.4, -0.2) is 59.9 Å². The molecule has 11 nitrogen and oxygen atoms in total. The minimum absolute atomic E-state index is 0.155. The van der Waals surface area contributed by atoms with Gasteiger partial charge in [-0.05, 0) is 44.9 Å². The van der Waals surface area contributed by atoms with Crippen molar-refractivity contribution in [2.45, 2.75) is 199 Å². The first kappa shape index (κ1) is 51.0. The normalized spacial score (nSPS) is 14.0. The second kappa shape index (κ2) is 36.9. The van der Waals surface area contributed by atoms with Crippen LogP contribution in [0.5, 0.6) is 0 Å². The molecule has 53 heavy (non-hydrogen) atoms. The number of hydrogen-bond donors (Lipinski definition) is 3. The van der Waals surface area contributed by atoms with E-state index >= 15 is 0 Å². The number of phosphoric acid groups is 1. The number of rotatable bonds is 39. The Morgan fingerprint density at radius 1 is 0.585 bits per heavy atom. The van der Waals surface area contributed by atoms with Crippen LogP contribution in [-0.2, 0) is 37.5 Å². The maximum atomic E-state index is 12.6.